The third-order valence-corrected chi connectivity index (χ3v) is 7.63. The van der Waals surface area contributed by atoms with E-state index in [9.17, 15) is 9.59 Å². The van der Waals surface area contributed by atoms with Gasteiger partial charge in [0.15, 0.2) is 0 Å². The standard InChI is InChI=1S/C26H29Cl2N3O2/c27-18-6-4-5-17(13-18)15-26(22-12-9-19(28)14-23(22)30-25(26)33)31(21-7-2-1-3-8-21)16-24(32)29-20-10-11-20/h4-6,9,12-14,20-21H,1-3,7-8,10-11,15-16H2,(H,29,32)(H,30,33). The quantitative estimate of drug-likeness (QED) is 0.559. The molecule has 0 aromatic heterocycles. The number of carbonyl (C=O) groups is 2. The van der Waals surface area contributed by atoms with Crippen molar-refractivity contribution in [3.8, 4) is 0 Å². The summed E-state index contributed by atoms with van der Waals surface area (Å²) in [5.74, 6) is -0.117. The topological polar surface area (TPSA) is 61.4 Å². The molecule has 5 rings (SSSR count). The maximum atomic E-state index is 13.9. The summed E-state index contributed by atoms with van der Waals surface area (Å²) in [5.41, 5.74) is 1.55. The Bertz CT molecular complexity index is 1070. The summed E-state index contributed by atoms with van der Waals surface area (Å²) in [6.07, 6.45) is 7.85. The first-order valence-electron chi connectivity index (χ1n) is 11.9. The molecule has 2 aromatic carbocycles. The lowest BCUT2D eigenvalue weighted by molar-refractivity contribution is -0.135. The molecule has 0 saturated heterocycles. The molecule has 2 amide bonds. The van der Waals surface area contributed by atoms with Gasteiger partial charge in [-0.05, 0) is 55.5 Å². The molecule has 0 radical (unpaired) electrons. The average Bonchev–Trinajstić information content (AvgIpc) is 3.56. The number of nitrogens with one attached hydrogen (secondary N) is 2. The van der Waals surface area contributed by atoms with Crippen LogP contribution in [0.1, 0.15) is 56.1 Å². The van der Waals surface area contributed by atoms with E-state index >= 15 is 0 Å². The number of halogens is 2. The van der Waals surface area contributed by atoms with E-state index in [2.05, 4.69) is 15.5 Å². The number of carbonyl (C=O) groups excluding carboxylic acids is 2. The van der Waals surface area contributed by atoms with Gasteiger partial charge in [0.1, 0.15) is 5.54 Å². The second-order valence-electron chi connectivity index (χ2n) is 9.57. The molecule has 1 atom stereocenters. The van der Waals surface area contributed by atoms with Crippen molar-refractivity contribution in [3.63, 3.8) is 0 Å². The van der Waals surface area contributed by atoms with E-state index < -0.39 is 5.54 Å². The second kappa shape index (κ2) is 9.28. The highest BCUT2D eigenvalue weighted by atomic mass is 35.5. The first-order valence-corrected chi connectivity index (χ1v) is 12.6. The molecular formula is C26H29Cl2N3O2. The molecule has 2 aromatic rings. The Morgan fingerprint density at radius 3 is 2.52 bits per heavy atom. The van der Waals surface area contributed by atoms with Crippen LogP contribution in [0.25, 0.3) is 0 Å². The highest BCUT2D eigenvalue weighted by Crippen LogP contribution is 2.46. The Kier molecular flexibility index (Phi) is 6.39. The number of rotatable bonds is 7. The molecule has 3 aliphatic rings. The zero-order valence-corrected chi connectivity index (χ0v) is 20.1. The smallest absolute Gasteiger partial charge is 0.249 e. The Labute approximate surface area is 204 Å². The summed E-state index contributed by atoms with van der Waals surface area (Å²) in [7, 11) is 0. The third-order valence-electron chi connectivity index (χ3n) is 7.16. The van der Waals surface area contributed by atoms with E-state index in [1.54, 1.807) is 6.07 Å². The fourth-order valence-electron chi connectivity index (χ4n) is 5.46. The summed E-state index contributed by atoms with van der Waals surface area (Å²) in [6, 6.07) is 13.6. The van der Waals surface area contributed by atoms with E-state index in [1.807, 2.05) is 36.4 Å². The van der Waals surface area contributed by atoms with Crippen LogP contribution in [0.2, 0.25) is 10.0 Å². The molecule has 2 N–H and O–H groups in total. The molecule has 7 heteroatoms. The molecule has 1 heterocycles. The summed E-state index contributed by atoms with van der Waals surface area (Å²) < 4.78 is 0. The van der Waals surface area contributed by atoms with Crippen molar-refractivity contribution in [2.24, 2.45) is 0 Å². The van der Waals surface area contributed by atoms with Crippen molar-refractivity contribution in [2.75, 3.05) is 11.9 Å². The van der Waals surface area contributed by atoms with Gasteiger partial charge in [0.2, 0.25) is 11.8 Å². The molecule has 0 bridgehead atoms. The zero-order chi connectivity index (χ0) is 23.0. The molecule has 33 heavy (non-hydrogen) atoms. The maximum Gasteiger partial charge on any atom is 0.249 e. The second-order valence-corrected chi connectivity index (χ2v) is 10.4. The van der Waals surface area contributed by atoms with E-state index in [1.165, 1.54) is 6.42 Å². The third kappa shape index (κ3) is 4.64. The van der Waals surface area contributed by atoms with Gasteiger partial charge in [-0.2, -0.15) is 0 Å². The Morgan fingerprint density at radius 1 is 1.03 bits per heavy atom. The molecule has 2 saturated carbocycles. The van der Waals surface area contributed by atoms with Gasteiger partial charge in [0, 0.05) is 39.8 Å². The monoisotopic (exact) mass is 485 g/mol. The predicted molar refractivity (Wildman–Crippen MR) is 132 cm³/mol. The number of nitrogens with zero attached hydrogens (tertiary/aromatic N) is 1. The van der Waals surface area contributed by atoms with Crippen LogP contribution in [0.15, 0.2) is 42.5 Å². The first-order chi connectivity index (χ1) is 16.0. The van der Waals surface area contributed by atoms with Crippen LogP contribution < -0.4 is 10.6 Å². The van der Waals surface area contributed by atoms with Crippen LogP contribution in [0, 0.1) is 0 Å². The minimum absolute atomic E-state index is 0.0104. The predicted octanol–water partition coefficient (Wildman–Crippen LogP) is 5.30. The van der Waals surface area contributed by atoms with Gasteiger partial charge in [0.05, 0.1) is 6.54 Å². The van der Waals surface area contributed by atoms with Crippen molar-refractivity contribution in [2.45, 2.75) is 69.0 Å². The fraction of sp³-hybridized carbons (Fsp3) is 0.462. The van der Waals surface area contributed by atoms with Crippen LogP contribution in [-0.2, 0) is 21.5 Å². The van der Waals surface area contributed by atoms with Crippen molar-refractivity contribution in [1.82, 2.24) is 10.2 Å². The molecule has 5 nitrogen and oxygen atoms in total. The fourth-order valence-corrected chi connectivity index (χ4v) is 5.84. The highest BCUT2D eigenvalue weighted by molar-refractivity contribution is 6.31. The van der Waals surface area contributed by atoms with Gasteiger partial charge in [-0.25, -0.2) is 0 Å². The van der Waals surface area contributed by atoms with E-state index in [4.69, 9.17) is 23.2 Å². The lowest BCUT2D eigenvalue weighted by Gasteiger charge is -2.45. The van der Waals surface area contributed by atoms with Crippen LogP contribution in [0.5, 0.6) is 0 Å². The van der Waals surface area contributed by atoms with Gasteiger partial charge in [-0.1, -0.05) is 60.7 Å². The van der Waals surface area contributed by atoms with Gasteiger partial charge < -0.3 is 10.6 Å². The Morgan fingerprint density at radius 2 is 1.79 bits per heavy atom. The number of hydrogen-bond acceptors (Lipinski definition) is 3. The lowest BCUT2D eigenvalue weighted by Crippen LogP contribution is -2.59. The van der Waals surface area contributed by atoms with Gasteiger partial charge in [0.25, 0.3) is 0 Å². The van der Waals surface area contributed by atoms with Crippen molar-refractivity contribution >= 4 is 40.7 Å². The van der Waals surface area contributed by atoms with Gasteiger partial charge in [-0.3, -0.25) is 14.5 Å². The van der Waals surface area contributed by atoms with Crippen LogP contribution in [-0.4, -0.2) is 35.3 Å². The average molecular weight is 486 g/mol. The highest BCUT2D eigenvalue weighted by Gasteiger charge is 2.53. The summed E-state index contributed by atoms with van der Waals surface area (Å²) in [6.45, 7) is 0.192. The minimum atomic E-state index is -1.01. The normalized spacial score (nSPS) is 22.8. The van der Waals surface area contributed by atoms with Gasteiger partial charge >= 0.3 is 0 Å². The SMILES string of the molecule is O=C(CN(C1CCCCC1)C1(Cc2cccc(Cl)c2)C(=O)Nc2cc(Cl)ccc21)NC1CC1. The number of benzene rings is 2. The Hall–Kier alpha value is -2.08. The molecule has 2 fully saturated rings. The maximum absolute atomic E-state index is 13.9. The first kappa shape index (κ1) is 22.7. The molecule has 0 spiro atoms. The molecular weight excluding hydrogens is 457 g/mol. The van der Waals surface area contributed by atoms with Crippen molar-refractivity contribution in [1.29, 1.82) is 0 Å². The van der Waals surface area contributed by atoms with Crippen LogP contribution in [0.4, 0.5) is 5.69 Å². The Balaban J connectivity index is 1.61. The summed E-state index contributed by atoms with van der Waals surface area (Å²) >= 11 is 12.6. The number of fused-ring (bicyclic) bond motifs is 1. The summed E-state index contributed by atoms with van der Waals surface area (Å²) in [5, 5.41) is 7.42. The van der Waals surface area contributed by atoms with Crippen LogP contribution in [0.3, 0.4) is 0 Å². The van der Waals surface area contributed by atoms with Crippen molar-refractivity contribution in [3.05, 3.63) is 63.6 Å². The molecule has 1 unspecified atom stereocenters. The number of amides is 2. The molecule has 174 valence electrons. The zero-order valence-electron chi connectivity index (χ0n) is 18.6. The van der Waals surface area contributed by atoms with Crippen LogP contribution >= 0.6 is 23.2 Å². The van der Waals surface area contributed by atoms with Gasteiger partial charge in [-0.15, -0.1) is 0 Å². The number of anilines is 1. The molecule has 2 aliphatic carbocycles. The lowest BCUT2D eigenvalue weighted by atomic mass is 9.80. The summed E-state index contributed by atoms with van der Waals surface area (Å²) in [4.78, 5) is 29.2. The largest absolute Gasteiger partial charge is 0.352 e. The molecule has 1 aliphatic heterocycles. The minimum Gasteiger partial charge on any atom is -0.352 e. The van der Waals surface area contributed by atoms with Crippen molar-refractivity contribution < 1.29 is 9.59 Å². The number of hydrogen-bond donors (Lipinski definition) is 2. The van der Waals surface area contributed by atoms with E-state index in [0.29, 0.717) is 16.5 Å². The van der Waals surface area contributed by atoms with E-state index in [0.717, 1.165) is 55.3 Å². The van der Waals surface area contributed by atoms with E-state index in [-0.39, 0.29) is 30.4 Å².